The number of aromatic nitrogens is 8. The average molecular weight is 762 g/mol. The van der Waals surface area contributed by atoms with E-state index in [9.17, 15) is 9.59 Å². The van der Waals surface area contributed by atoms with E-state index in [-0.39, 0.29) is 11.7 Å². The fourth-order valence-electron chi connectivity index (χ4n) is 6.36. The molecule has 1 fully saturated rings. The molecule has 0 spiro atoms. The Bertz CT molecular complexity index is 2190. The summed E-state index contributed by atoms with van der Waals surface area (Å²) in [5, 5.41) is 12.2. The molecule has 6 aromatic rings. The molecule has 1 unspecified atom stereocenters. The molecule has 2 aliphatic carbocycles. The van der Waals surface area contributed by atoms with Crippen LogP contribution in [0.5, 0.6) is 0 Å². The van der Waals surface area contributed by atoms with Crippen molar-refractivity contribution < 1.29 is 14.3 Å². The first-order valence-electron chi connectivity index (χ1n) is 17.4. The van der Waals surface area contributed by atoms with E-state index < -0.39 is 0 Å². The van der Waals surface area contributed by atoms with E-state index in [2.05, 4.69) is 44.0 Å². The zero-order valence-electron chi connectivity index (χ0n) is 29.1. The van der Waals surface area contributed by atoms with Gasteiger partial charge in [0, 0.05) is 68.0 Å². The molecule has 0 radical (unpaired) electrons. The normalized spacial score (nSPS) is 15.8. The van der Waals surface area contributed by atoms with Gasteiger partial charge in [0.1, 0.15) is 23.6 Å². The Labute approximate surface area is 316 Å². The molecular formula is C38H39Cl3N8O3. The molecule has 0 saturated carbocycles. The van der Waals surface area contributed by atoms with E-state index in [1.165, 1.54) is 25.5 Å². The van der Waals surface area contributed by atoms with E-state index in [0.717, 1.165) is 82.9 Å². The molecule has 1 aliphatic heterocycles. The maximum absolute atomic E-state index is 12.6. The summed E-state index contributed by atoms with van der Waals surface area (Å²) in [5.74, 6) is 0.0567. The first kappa shape index (κ1) is 37.5. The lowest BCUT2D eigenvalue weighted by atomic mass is 9.95. The summed E-state index contributed by atoms with van der Waals surface area (Å²) in [7, 11) is 0. The van der Waals surface area contributed by atoms with Crippen molar-refractivity contribution in [2.24, 2.45) is 0 Å². The van der Waals surface area contributed by atoms with E-state index in [1.54, 1.807) is 0 Å². The van der Waals surface area contributed by atoms with Gasteiger partial charge in [-0.25, -0.2) is 19.9 Å². The van der Waals surface area contributed by atoms with Crippen molar-refractivity contribution in [3.63, 3.8) is 0 Å². The third-order valence-corrected chi connectivity index (χ3v) is 9.54. The first-order chi connectivity index (χ1) is 25.2. The summed E-state index contributed by atoms with van der Waals surface area (Å²) in [5.41, 5.74) is 6.23. The third kappa shape index (κ3) is 9.01. The summed E-state index contributed by atoms with van der Waals surface area (Å²) < 4.78 is 8.65. The lowest BCUT2D eigenvalue weighted by molar-refractivity contribution is -0.118. The van der Waals surface area contributed by atoms with Crippen molar-refractivity contribution in [1.82, 2.24) is 39.5 Å². The number of aryl methyl sites for hydroxylation is 2. The highest BCUT2D eigenvalue weighted by atomic mass is 35.5. The van der Waals surface area contributed by atoms with Crippen molar-refractivity contribution in [3.8, 4) is 0 Å². The van der Waals surface area contributed by atoms with Gasteiger partial charge < -0.3 is 4.74 Å². The van der Waals surface area contributed by atoms with E-state index in [1.807, 2.05) is 58.2 Å². The highest BCUT2D eigenvalue weighted by Gasteiger charge is 2.34. The molecule has 2 aromatic carbocycles. The molecule has 0 N–H and O–H groups in total. The molecule has 52 heavy (non-hydrogen) atoms. The number of benzene rings is 2. The second-order valence-electron chi connectivity index (χ2n) is 12.7. The zero-order chi connectivity index (χ0) is 36.6. The van der Waals surface area contributed by atoms with Crippen LogP contribution in [0.15, 0.2) is 61.4 Å². The van der Waals surface area contributed by atoms with Crippen molar-refractivity contribution in [2.45, 2.75) is 77.8 Å². The van der Waals surface area contributed by atoms with Crippen LogP contribution in [0.3, 0.4) is 0 Å². The topological polar surface area (TPSA) is 131 Å². The van der Waals surface area contributed by atoms with Gasteiger partial charge in [-0.1, -0.05) is 60.8 Å². The van der Waals surface area contributed by atoms with E-state index in [0.29, 0.717) is 46.5 Å². The SMILES string of the molecule is C1CCOC1.CCCn1cc2c(C3C(=O)Cc4ccc(Cl)cc43)ncnc2n1.CCCn1cc2c(Cl)ncnc2n1.O=C1Cc2ccc(Cl)cc2C1. The monoisotopic (exact) mass is 760 g/mol. The smallest absolute Gasteiger partial charge is 0.185 e. The highest BCUT2D eigenvalue weighted by Crippen LogP contribution is 2.38. The van der Waals surface area contributed by atoms with Crippen molar-refractivity contribution in [2.75, 3.05) is 13.2 Å². The number of ether oxygens (including phenoxy) is 1. The quantitative estimate of drug-likeness (QED) is 0.161. The van der Waals surface area contributed by atoms with Gasteiger partial charge in [0.25, 0.3) is 0 Å². The lowest BCUT2D eigenvalue weighted by Crippen LogP contribution is -2.10. The van der Waals surface area contributed by atoms with Crippen molar-refractivity contribution in [1.29, 1.82) is 0 Å². The van der Waals surface area contributed by atoms with Gasteiger partial charge in [0.05, 0.1) is 22.4 Å². The number of Topliss-reactive ketones (excluding diaryl/α,β-unsaturated/α-hetero) is 2. The van der Waals surface area contributed by atoms with Crippen LogP contribution in [0.2, 0.25) is 15.2 Å². The van der Waals surface area contributed by atoms with Crippen LogP contribution in [0, 0.1) is 0 Å². The van der Waals surface area contributed by atoms with Crippen LogP contribution >= 0.6 is 34.8 Å². The predicted molar refractivity (Wildman–Crippen MR) is 202 cm³/mol. The number of carbonyl (C=O) groups is 2. The summed E-state index contributed by atoms with van der Waals surface area (Å²) in [6.07, 6.45) is 12.9. The fraction of sp³-hybridized carbons (Fsp3) is 0.368. The van der Waals surface area contributed by atoms with Crippen LogP contribution in [0.25, 0.3) is 22.1 Å². The number of hydrogen-bond acceptors (Lipinski definition) is 9. The lowest BCUT2D eigenvalue weighted by Gasteiger charge is -2.10. The number of carbonyl (C=O) groups excluding carboxylic acids is 2. The number of hydrogen-bond donors (Lipinski definition) is 0. The highest BCUT2D eigenvalue weighted by molar-refractivity contribution is 6.33. The van der Waals surface area contributed by atoms with E-state index >= 15 is 0 Å². The largest absolute Gasteiger partial charge is 0.381 e. The van der Waals surface area contributed by atoms with Gasteiger partial charge in [0.15, 0.2) is 17.1 Å². The van der Waals surface area contributed by atoms with Crippen molar-refractivity contribution in [3.05, 3.63) is 105 Å². The maximum Gasteiger partial charge on any atom is 0.185 e. The Kier molecular flexibility index (Phi) is 12.6. The molecule has 1 atom stereocenters. The Hall–Kier alpha value is -4.29. The minimum Gasteiger partial charge on any atom is -0.381 e. The van der Waals surface area contributed by atoms with Gasteiger partial charge in [0.2, 0.25) is 0 Å². The Morgan fingerprint density at radius 3 is 1.94 bits per heavy atom. The Morgan fingerprint density at radius 1 is 0.712 bits per heavy atom. The molecule has 4 aromatic heterocycles. The van der Waals surface area contributed by atoms with Crippen LogP contribution in [0.1, 0.15) is 73.4 Å². The van der Waals surface area contributed by atoms with Crippen LogP contribution in [-0.2, 0) is 46.7 Å². The minimum atomic E-state index is -0.381. The summed E-state index contributed by atoms with van der Waals surface area (Å²) in [6, 6.07) is 11.3. The molecule has 1 saturated heterocycles. The summed E-state index contributed by atoms with van der Waals surface area (Å²) in [4.78, 5) is 40.1. The Balaban J connectivity index is 0.000000135. The fourth-order valence-corrected chi connectivity index (χ4v) is 6.92. The number of ketones is 2. The van der Waals surface area contributed by atoms with Crippen LogP contribution in [0.4, 0.5) is 0 Å². The molecule has 0 bridgehead atoms. The molecule has 0 amide bonds. The molecule has 270 valence electrons. The third-order valence-electron chi connectivity index (χ3n) is 8.77. The minimum absolute atomic E-state index is 0.144. The number of nitrogens with zero attached hydrogens (tertiary/aromatic N) is 8. The number of fused-ring (bicyclic) bond motifs is 4. The van der Waals surface area contributed by atoms with E-state index in [4.69, 9.17) is 39.5 Å². The van der Waals surface area contributed by atoms with Crippen LogP contribution < -0.4 is 0 Å². The predicted octanol–water partition coefficient (Wildman–Crippen LogP) is 7.84. The standard InChI is InChI=1S/C17H15ClN4O.C9H7ClO.C8H9ClN4.C4H8O/c1-2-5-22-8-13-16(19-9-20-17(13)21-22)15-12-7-11(18)4-3-10(12)6-14(15)23;10-8-2-1-6-4-9(11)5-7(6)3-8;1-2-3-13-4-6-7(9)10-5-11-8(6)12-13;1-2-4-5-3-1/h3-4,7-9,15H,2,5-6H2,1H3;1-3H,4-5H2;4-5H,2-3H2,1H3;1-4H2. The molecular weight excluding hydrogens is 723 g/mol. The van der Waals surface area contributed by atoms with Gasteiger partial charge in [-0.3, -0.25) is 19.0 Å². The first-order valence-corrected chi connectivity index (χ1v) is 18.6. The second-order valence-corrected chi connectivity index (χ2v) is 14.0. The molecule has 11 nitrogen and oxygen atoms in total. The summed E-state index contributed by atoms with van der Waals surface area (Å²) in [6.45, 7) is 7.89. The number of halogens is 3. The average Bonchev–Trinajstić information content (AvgIpc) is 3.96. The van der Waals surface area contributed by atoms with Gasteiger partial charge in [-0.2, -0.15) is 10.2 Å². The van der Waals surface area contributed by atoms with Crippen molar-refractivity contribution >= 4 is 68.4 Å². The van der Waals surface area contributed by atoms with Crippen LogP contribution in [-0.4, -0.2) is 64.3 Å². The van der Waals surface area contributed by atoms with Gasteiger partial charge in [-0.05, 0) is 72.2 Å². The molecule has 5 heterocycles. The molecule has 14 heteroatoms. The molecule has 3 aliphatic rings. The second kappa shape index (κ2) is 17.5. The molecule has 9 rings (SSSR count). The maximum atomic E-state index is 12.6. The Morgan fingerprint density at radius 2 is 1.31 bits per heavy atom. The zero-order valence-corrected chi connectivity index (χ0v) is 31.3. The van der Waals surface area contributed by atoms with Gasteiger partial charge in [-0.15, -0.1) is 0 Å². The van der Waals surface area contributed by atoms with Gasteiger partial charge >= 0.3 is 0 Å². The number of rotatable bonds is 5. The summed E-state index contributed by atoms with van der Waals surface area (Å²) >= 11 is 17.8.